The maximum Gasteiger partial charge on any atom is 0.408 e. The largest absolute Gasteiger partial charge is 0.444 e. The Kier molecular flexibility index (Phi) is 10.7. The highest BCUT2D eigenvalue weighted by molar-refractivity contribution is 7.98. The van der Waals surface area contributed by atoms with Crippen molar-refractivity contribution in [3.05, 3.63) is 35.4 Å². The van der Waals surface area contributed by atoms with E-state index in [0.717, 1.165) is 11.1 Å². The van der Waals surface area contributed by atoms with Crippen molar-refractivity contribution in [3.63, 3.8) is 0 Å². The molecule has 0 saturated carbocycles. The molecule has 2 unspecified atom stereocenters. The Hall–Kier alpha value is -2.22. The maximum atomic E-state index is 14.2. The molecule has 1 aromatic carbocycles. The quantitative estimate of drug-likeness (QED) is 0.503. The molecule has 0 heterocycles. The number of benzene rings is 1. The number of amides is 3. The highest BCUT2D eigenvalue weighted by Gasteiger charge is 2.42. The average Bonchev–Trinajstić information content (AvgIpc) is 2.65. The summed E-state index contributed by atoms with van der Waals surface area (Å²) in [7, 11) is 0. The molecule has 1 aromatic rings. The number of rotatable bonds is 8. The van der Waals surface area contributed by atoms with Gasteiger partial charge < -0.3 is 20.3 Å². The molecule has 0 aliphatic rings. The number of carbonyl (C=O) groups excluding carboxylic acids is 3. The number of thioether (sulfide) groups is 1. The van der Waals surface area contributed by atoms with Crippen molar-refractivity contribution in [2.45, 2.75) is 104 Å². The van der Waals surface area contributed by atoms with Crippen molar-refractivity contribution in [3.8, 4) is 0 Å². The SMILES string of the molecule is CSCCC(NC(=O)OC(C)(C)C)C(=O)N(C(C(=O)NC(C)(C)C)c1ccccc1C)C(C)(C)C. The number of hydrogen-bond donors (Lipinski definition) is 2. The average molecular weight is 508 g/mol. The van der Waals surface area contributed by atoms with Crippen LogP contribution in [0, 0.1) is 6.92 Å². The fraction of sp³-hybridized carbons (Fsp3) is 0.667. The fourth-order valence-electron chi connectivity index (χ4n) is 3.69. The van der Waals surface area contributed by atoms with E-state index in [-0.39, 0.29) is 11.8 Å². The highest BCUT2D eigenvalue weighted by Crippen LogP contribution is 2.32. The summed E-state index contributed by atoms with van der Waals surface area (Å²) >= 11 is 1.59. The fourth-order valence-corrected chi connectivity index (χ4v) is 4.16. The van der Waals surface area contributed by atoms with E-state index in [1.165, 1.54) is 0 Å². The van der Waals surface area contributed by atoms with Crippen LogP contribution < -0.4 is 10.6 Å². The van der Waals surface area contributed by atoms with Gasteiger partial charge in [-0.25, -0.2) is 4.79 Å². The lowest BCUT2D eigenvalue weighted by Gasteiger charge is -2.44. The third kappa shape index (κ3) is 10.1. The minimum atomic E-state index is -0.875. The number of alkyl carbamates (subject to hydrolysis) is 1. The van der Waals surface area contributed by atoms with Gasteiger partial charge in [0, 0.05) is 11.1 Å². The minimum Gasteiger partial charge on any atom is -0.444 e. The topological polar surface area (TPSA) is 87.7 Å². The van der Waals surface area contributed by atoms with Crippen LogP contribution in [0.5, 0.6) is 0 Å². The zero-order valence-electron chi connectivity index (χ0n) is 23.4. The summed E-state index contributed by atoms with van der Waals surface area (Å²) in [6.45, 7) is 18.7. The van der Waals surface area contributed by atoms with Crippen molar-refractivity contribution in [2.75, 3.05) is 12.0 Å². The molecular weight excluding hydrogens is 462 g/mol. The van der Waals surface area contributed by atoms with Gasteiger partial charge in [0.15, 0.2) is 0 Å². The van der Waals surface area contributed by atoms with Gasteiger partial charge in [-0.1, -0.05) is 24.3 Å². The lowest BCUT2D eigenvalue weighted by atomic mass is 9.92. The third-order valence-electron chi connectivity index (χ3n) is 5.05. The molecule has 0 fully saturated rings. The number of nitrogens with one attached hydrogen (secondary N) is 2. The summed E-state index contributed by atoms with van der Waals surface area (Å²) in [6.07, 6.45) is 1.70. The molecule has 8 heteroatoms. The van der Waals surface area contributed by atoms with Crippen molar-refractivity contribution in [2.24, 2.45) is 0 Å². The normalized spacial score (nSPS) is 14.0. The Balaban J connectivity index is 3.59. The Morgan fingerprint density at radius 1 is 1.00 bits per heavy atom. The van der Waals surface area contributed by atoms with Gasteiger partial charge in [0.25, 0.3) is 0 Å². The second-order valence-corrected chi connectivity index (χ2v) is 12.8. The van der Waals surface area contributed by atoms with E-state index in [0.29, 0.717) is 12.2 Å². The van der Waals surface area contributed by atoms with Gasteiger partial charge >= 0.3 is 6.09 Å². The molecule has 0 aromatic heterocycles. The van der Waals surface area contributed by atoms with Crippen LogP contribution in [0.25, 0.3) is 0 Å². The molecule has 198 valence electrons. The van der Waals surface area contributed by atoms with Crippen LogP contribution >= 0.6 is 11.8 Å². The number of carbonyl (C=O) groups is 3. The molecule has 0 saturated heterocycles. The van der Waals surface area contributed by atoms with Crippen LogP contribution in [0.4, 0.5) is 4.79 Å². The molecular formula is C27H45N3O4S. The highest BCUT2D eigenvalue weighted by atomic mass is 32.2. The maximum absolute atomic E-state index is 14.2. The van der Waals surface area contributed by atoms with Gasteiger partial charge in [0.05, 0.1) is 0 Å². The van der Waals surface area contributed by atoms with Crippen LogP contribution in [-0.2, 0) is 14.3 Å². The summed E-state index contributed by atoms with van der Waals surface area (Å²) < 4.78 is 5.43. The molecule has 2 atom stereocenters. The third-order valence-corrected chi connectivity index (χ3v) is 5.69. The number of ether oxygens (including phenoxy) is 1. The Morgan fingerprint density at radius 3 is 2.03 bits per heavy atom. The molecule has 0 aliphatic carbocycles. The Morgan fingerprint density at radius 2 is 1.57 bits per heavy atom. The summed E-state index contributed by atoms with van der Waals surface area (Å²) in [6, 6.07) is 5.88. The zero-order valence-corrected chi connectivity index (χ0v) is 24.2. The van der Waals surface area contributed by atoms with Gasteiger partial charge in [-0.2, -0.15) is 11.8 Å². The first kappa shape index (κ1) is 30.8. The van der Waals surface area contributed by atoms with Crippen molar-refractivity contribution in [1.29, 1.82) is 0 Å². The predicted molar refractivity (Wildman–Crippen MR) is 145 cm³/mol. The van der Waals surface area contributed by atoms with E-state index in [1.54, 1.807) is 37.4 Å². The molecule has 0 aliphatic heterocycles. The molecule has 0 radical (unpaired) electrons. The van der Waals surface area contributed by atoms with Crippen LogP contribution in [-0.4, -0.2) is 57.5 Å². The predicted octanol–water partition coefficient (Wildman–Crippen LogP) is 5.22. The summed E-state index contributed by atoms with van der Waals surface area (Å²) in [5.41, 5.74) is -0.246. The molecule has 2 N–H and O–H groups in total. The summed E-state index contributed by atoms with van der Waals surface area (Å²) in [5, 5.41) is 5.83. The second kappa shape index (κ2) is 12.2. The zero-order chi connectivity index (χ0) is 27.2. The molecule has 0 spiro atoms. The smallest absolute Gasteiger partial charge is 0.408 e. The summed E-state index contributed by atoms with van der Waals surface area (Å²) in [5.74, 6) is 0.0682. The van der Waals surface area contributed by atoms with Gasteiger partial charge in [-0.05, 0) is 98.8 Å². The van der Waals surface area contributed by atoms with Crippen LogP contribution in [0.15, 0.2) is 24.3 Å². The van der Waals surface area contributed by atoms with Gasteiger partial charge in [-0.15, -0.1) is 0 Å². The molecule has 0 bridgehead atoms. The number of hydrogen-bond acceptors (Lipinski definition) is 5. The van der Waals surface area contributed by atoms with E-state index in [2.05, 4.69) is 10.6 Å². The number of nitrogens with zero attached hydrogens (tertiary/aromatic N) is 1. The Bertz CT molecular complexity index is 882. The van der Waals surface area contributed by atoms with Gasteiger partial charge in [0.2, 0.25) is 11.8 Å². The lowest BCUT2D eigenvalue weighted by molar-refractivity contribution is -0.149. The van der Waals surface area contributed by atoms with Crippen molar-refractivity contribution < 1.29 is 19.1 Å². The monoisotopic (exact) mass is 507 g/mol. The van der Waals surface area contributed by atoms with Crippen molar-refractivity contribution in [1.82, 2.24) is 15.5 Å². The minimum absolute atomic E-state index is 0.268. The van der Waals surface area contributed by atoms with Crippen LogP contribution in [0.2, 0.25) is 0 Å². The van der Waals surface area contributed by atoms with E-state index >= 15 is 0 Å². The van der Waals surface area contributed by atoms with Crippen molar-refractivity contribution >= 4 is 29.7 Å². The molecule has 1 rings (SSSR count). The van der Waals surface area contributed by atoms with E-state index < -0.39 is 34.9 Å². The van der Waals surface area contributed by atoms with E-state index in [4.69, 9.17) is 4.74 Å². The van der Waals surface area contributed by atoms with E-state index in [1.807, 2.05) is 79.0 Å². The number of aryl methyl sites for hydroxylation is 1. The van der Waals surface area contributed by atoms with E-state index in [9.17, 15) is 14.4 Å². The molecule has 3 amide bonds. The van der Waals surface area contributed by atoms with Gasteiger partial charge in [-0.3, -0.25) is 9.59 Å². The molecule has 7 nitrogen and oxygen atoms in total. The lowest BCUT2D eigenvalue weighted by Crippen LogP contribution is -2.59. The first-order valence-electron chi connectivity index (χ1n) is 12.1. The standard InChI is InChI=1S/C27H45N3O4S/c1-18-14-12-13-15-19(18)21(22(31)29-25(2,3)4)30(26(5,6)7)23(32)20(16-17-35-11)28-24(33)34-27(8,9)10/h12-15,20-21H,16-17H2,1-11H3,(H,28,33)(H,29,31). The van der Waals surface area contributed by atoms with Gasteiger partial charge in [0.1, 0.15) is 17.7 Å². The molecule has 35 heavy (non-hydrogen) atoms. The first-order chi connectivity index (χ1) is 15.9. The van der Waals surface area contributed by atoms with Crippen LogP contribution in [0.3, 0.4) is 0 Å². The second-order valence-electron chi connectivity index (χ2n) is 11.9. The summed E-state index contributed by atoms with van der Waals surface area (Å²) in [4.78, 5) is 42.1. The Labute approximate surface area is 216 Å². The first-order valence-corrected chi connectivity index (χ1v) is 13.5. The van der Waals surface area contributed by atoms with Crippen LogP contribution in [0.1, 0.15) is 85.9 Å².